The van der Waals surface area contributed by atoms with Crippen LogP contribution in [-0.2, 0) is 4.79 Å². The summed E-state index contributed by atoms with van der Waals surface area (Å²) >= 11 is 0. The molecular weight excluding hydrogens is 390 g/mol. The molecule has 31 heavy (non-hydrogen) atoms. The molecule has 0 bridgehead atoms. The summed E-state index contributed by atoms with van der Waals surface area (Å²) in [6.45, 7) is 0. The first kappa shape index (κ1) is 19.2. The van der Waals surface area contributed by atoms with Crippen molar-refractivity contribution in [2.45, 2.75) is 37.6 Å². The van der Waals surface area contributed by atoms with Crippen molar-refractivity contribution >= 4 is 18.2 Å². The zero-order valence-electron chi connectivity index (χ0n) is 17.1. The molecule has 0 atom stereocenters. The van der Waals surface area contributed by atoms with Crippen LogP contribution in [-0.4, -0.2) is 38.5 Å². The van der Waals surface area contributed by atoms with E-state index in [-0.39, 0.29) is 5.91 Å². The lowest BCUT2D eigenvalue weighted by Crippen LogP contribution is -2.48. The second-order valence-corrected chi connectivity index (χ2v) is 8.01. The Balaban J connectivity index is 1.49. The van der Waals surface area contributed by atoms with E-state index >= 15 is 0 Å². The number of benzene rings is 2. The Hall–Kier alpha value is -3.74. The van der Waals surface area contributed by atoms with Gasteiger partial charge in [-0.15, -0.1) is 5.01 Å². The molecule has 1 N–H and O–H groups in total. The number of hydrazone groups is 1. The van der Waals surface area contributed by atoms with Crippen molar-refractivity contribution in [3.8, 4) is 16.9 Å². The monoisotopic (exact) mass is 413 g/mol. The van der Waals surface area contributed by atoms with Gasteiger partial charge in [0.05, 0.1) is 11.9 Å². The number of nitrogens with zero attached hydrogens (tertiary/aromatic N) is 4. The molecule has 0 unspecified atom stereocenters. The molecule has 1 aliphatic heterocycles. The molecule has 156 valence electrons. The minimum absolute atomic E-state index is 0.259. The van der Waals surface area contributed by atoms with E-state index in [4.69, 9.17) is 5.10 Å². The fourth-order valence-corrected chi connectivity index (χ4v) is 4.34. The van der Waals surface area contributed by atoms with Gasteiger partial charge in [0, 0.05) is 17.3 Å². The van der Waals surface area contributed by atoms with E-state index < -0.39 is 11.6 Å². The van der Waals surface area contributed by atoms with Gasteiger partial charge in [-0.1, -0.05) is 67.8 Å². The number of hydrogen-bond acceptors (Lipinski definition) is 4. The van der Waals surface area contributed by atoms with Crippen LogP contribution in [0.2, 0.25) is 0 Å². The minimum atomic E-state index is -0.789. The molecule has 1 spiro atoms. The Morgan fingerprint density at radius 2 is 1.61 bits per heavy atom. The number of carbonyl (C=O) groups is 2. The first-order valence-corrected chi connectivity index (χ1v) is 10.6. The predicted molar refractivity (Wildman–Crippen MR) is 118 cm³/mol. The standard InChI is InChI=1S/C24H23N5O2/c30-22-24(14-8-3-9-15-24)26-23(31)29(22)25-16-19-17-28(20-12-6-2-7-13-20)27-21(19)18-10-4-1-5-11-18/h1-2,4-7,10-13,16-17H,3,8-9,14-15H2,(H,26,31)/b25-16-. The highest BCUT2D eigenvalue weighted by molar-refractivity contribution is 6.07. The maximum absolute atomic E-state index is 13.0. The van der Waals surface area contributed by atoms with E-state index in [1.807, 2.05) is 66.9 Å². The van der Waals surface area contributed by atoms with E-state index in [0.29, 0.717) is 12.8 Å². The van der Waals surface area contributed by atoms with Crippen LogP contribution in [0.4, 0.5) is 4.79 Å². The molecule has 1 saturated carbocycles. The van der Waals surface area contributed by atoms with Crippen LogP contribution in [0.3, 0.4) is 0 Å². The van der Waals surface area contributed by atoms with Crippen LogP contribution in [0.25, 0.3) is 16.9 Å². The molecule has 1 aliphatic carbocycles. The first-order chi connectivity index (χ1) is 15.2. The largest absolute Gasteiger partial charge is 0.346 e. The number of urea groups is 1. The maximum Gasteiger partial charge on any atom is 0.346 e. The van der Waals surface area contributed by atoms with Crippen LogP contribution in [0.1, 0.15) is 37.7 Å². The van der Waals surface area contributed by atoms with Gasteiger partial charge in [-0.3, -0.25) is 4.79 Å². The zero-order chi connectivity index (χ0) is 21.3. The Morgan fingerprint density at radius 1 is 0.935 bits per heavy atom. The number of rotatable bonds is 4. The summed E-state index contributed by atoms with van der Waals surface area (Å²) in [7, 11) is 0. The molecule has 0 radical (unpaired) electrons. The van der Waals surface area contributed by atoms with Crippen LogP contribution >= 0.6 is 0 Å². The number of imide groups is 1. The number of aromatic nitrogens is 2. The van der Waals surface area contributed by atoms with Gasteiger partial charge in [0.1, 0.15) is 11.2 Å². The third-order valence-corrected chi connectivity index (χ3v) is 5.97. The molecule has 5 rings (SSSR count). The SMILES string of the molecule is O=C1NC2(CCCCC2)C(=O)N1/N=C\c1cn(-c2ccccc2)nc1-c1ccccc1. The third kappa shape index (κ3) is 3.52. The van der Waals surface area contributed by atoms with Crippen LogP contribution < -0.4 is 5.32 Å². The van der Waals surface area contributed by atoms with Crippen molar-refractivity contribution in [2.75, 3.05) is 0 Å². The molecule has 2 heterocycles. The number of hydrogen-bond donors (Lipinski definition) is 1. The Kier molecular flexibility index (Phi) is 4.86. The molecule has 2 fully saturated rings. The van der Waals surface area contributed by atoms with Gasteiger partial charge in [-0.25, -0.2) is 9.48 Å². The first-order valence-electron chi connectivity index (χ1n) is 10.6. The van der Waals surface area contributed by atoms with E-state index in [1.54, 1.807) is 10.9 Å². The summed E-state index contributed by atoms with van der Waals surface area (Å²) in [5, 5.41) is 12.9. The summed E-state index contributed by atoms with van der Waals surface area (Å²) in [6.07, 6.45) is 7.71. The summed E-state index contributed by atoms with van der Waals surface area (Å²) in [5.41, 5.74) is 2.51. The molecule has 3 amide bonds. The van der Waals surface area contributed by atoms with Crippen molar-refractivity contribution in [3.05, 3.63) is 72.4 Å². The van der Waals surface area contributed by atoms with Crippen molar-refractivity contribution in [1.82, 2.24) is 20.1 Å². The van der Waals surface area contributed by atoms with E-state index in [2.05, 4.69) is 10.4 Å². The lowest BCUT2D eigenvalue weighted by molar-refractivity contribution is -0.132. The van der Waals surface area contributed by atoms with E-state index in [9.17, 15) is 9.59 Å². The summed E-state index contributed by atoms with van der Waals surface area (Å²) in [5.74, 6) is -0.259. The minimum Gasteiger partial charge on any atom is -0.321 e. The number of amides is 3. The van der Waals surface area contributed by atoms with Crippen molar-refractivity contribution in [2.24, 2.45) is 5.10 Å². The quantitative estimate of drug-likeness (QED) is 0.516. The maximum atomic E-state index is 13.0. The average Bonchev–Trinajstić information content (AvgIpc) is 3.33. The lowest BCUT2D eigenvalue weighted by Gasteiger charge is -2.29. The predicted octanol–water partition coefficient (Wildman–Crippen LogP) is 4.13. The molecule has 3 aromatic rings. The van der Waals surface area contributed by atoms with Crippen LogP contribution in [0.5, 0.6) is 0 Å². The Bertz CT molecular complexity index is 1130. The number of nitrogens with one attached hydrogen (secondary N) is 1. The van der Waals surface area contributed by atoms with Crippen molar-refractivity contribution < 1.29 is 9.59 Å². The fourth-order valence-electron chi connectivity index (χ4n) is 4.34. The summed E-state index contributed by atoms with van der Waals surface area (Å²) in [6, 6.07) is 19.1. The van der Waals surface area contributed by atoms with Gasteiger partial charge in [-0.05, 0) is 25.0 Å². The molecular formula is C24H23N5O2. The Labute approximate surface area is 180 Å². The van der Waals surface area contributed by atoms with Gasteiger partial charge in [0.15, 0.2) is 0 Å². The molecule has 2 aromatic carbocycles. The molecule has 1 saturated heterocycles. The smallest absolute Gasteiger partial charge is 0.321 e. The molecule has 2 aliphatic rings. The fraction of sp³-hybridized carbons (Fsp3) is 0.250. The normalized spacial score (nSPS) is 18.1. The topological polar surface area (TPSA) is 79.6 Å². The van der Waals surface area contributed by atoms with Crippen LogP contribution in [0, 0.1) is 0 Å². The Morgan fingerprint density at radius 3 is 2.32 bits per heavy atom. The molecule has 1 aromatic heterocycles. The summed E-state index contributed by atoms with van der Waals surface area (Å²) < 4.78 is 1.78. The average molecular weight is 413 g/mol. The highest BCUT2D eigenvalue weighted by Crippen LogP contribution is 2.34. The number of carbonyl (C=O) groups excluding carboxylic acids is 2. The second kappa shape index (κ2) is 7.83. The van der Waals surface area contributed by atoms with Crippen molar-refractivity contribution in [1.29, 1.82) is 0 Å². The second-order valence-electron chi connectivity index (χ2n) is 8.01. The highest BCUT2D eigenvalue weighted by Gasteiger charge is 2.51. The molecule has 7 nitrogen and oxygen atoms in total. The highest BCUT2D eigenvalue weighted by atomic mass is 16.2. The zero-order valence-corrected chi connectivity index (χ0v) is 17.1. The van der Waals surface area contributed by atoms with Crippen LogP contribution in [0.15, 0.2) is 72.0 Å². The van der Waals surface area contributed by atoms with E-state index in [1.165, 1.54) is 0 Å². The van der Waals surface area contributed by atoms with Gasteiger partial charge in [0.2, 0.25) is 0 Å². The molecule has 7 heteroatoms. The van der Waals surface area contributed by atoms with Gasteiger partial charge >= 0.3 is 6.03 Å². The van der Waals surface area contributed by atoms with Gasteiger partial charge < -0.3 is 5.32 Å². The van der Waals surface area contributed by atoms with Crippen molar-refractivity contribution in [3.63, 3.8) is 0 Å². The van der Waals surface area contributed by atoms with Gasteiger partial charge in [0.25, 0.3) is 5.91 Å². The van der Waals surface area contributed by atoms with Gasteiger partial charge in [-0.2, -0.15) is 10.2 Å². The van der Waals surface area contributed by atoms with E-state index in [0.717, 1.165) is 46.8 Å². The lowest BCUT2D eigenvalue weighted by atomic mass is 9.82. The summed E-state index contributed by atoms with van der Waals surface area (Å²) in [4.78, 5) is 25.5. The number of para-hydroxylation sites is 1. The third-order valence-electron chi connectivity index (χ3n) is 5.97.